The van der Waals surface area contributed by atoms with Crippen LogP contribution in [0.25, 0.3) is 6.08 Å². The van der Waals surface area contributed by atoms with E-state index in [2.05, 4.69) is 12.2 Å². The van der Waals surface area contributed by atoms with Crippen molar-refractivity contribution in [2.75, 3.05) is 10.2 Å². The molecule has 7 nitrogen and oxygen atoms in total. The molecule has 6 rings (SSSR count). The summed E-state index contributed by atoms with van der Waals surface area (Å²) in [5.41, 5.74) is 6.19. The SMILES string of the molecule is CCC/C(=C\c1ccc(O)c(F)c1)CC[C@H]1OB(O)C[C@H]2C1=C(C)C[C@H]1C(=O)N(c3ccc(Nc4ccccc4)cc3)C(=O)[C@H]12. The van der Waals surface area contributed by atoms with Gasteiger partial charge >= 0.3 is 7.12 Å². The van der Waals surface area contributed by atoms with E-state index in [0.717, 1.165) is 40.9 Å². The van der Waals surface area contributed by atoms with E-state index in [1.807, 2.05) is 55.5 Å². The summed E-state index contributed by atoms with van der Waals surface area (Å²) >= 11 is 0. The summed E-state index contributed by atoms with van der Waals surface area (Å²) in [6, 6.07) is 21.4. The highest BCUT2D eigenvalue weighted by atomic mass is 19.1. The van der Waals surface area contributed by atoms with Gasteiger partial charge in [0.2, 0.25) is 11.8 Å². The lowest BCUT2D eigenvalue weighted by Gasteiger charge is -2.42. The van der Waals surface area contributed by atoms with Gasteiger partial charge in [0.25, 0.3) is 0 Å². The maximum absolute atomic E-state index is 14.0. The van der Waals surface area contributed by atoms with Crippen LogP contribution < -0.4 is 10.2 Å². The Morgan fingerprint density at radius 3 is 2.47 bits per heavy atom. The van der Waals surface area contributed by atoms with Gasteiger partial charge in [-0.2, -0.15) is 0 Å². The molecule has 45 heavy (non-hydrogen) atoms. The molecule has 3 aliphatic rings. The molecule has 232 valence electrons. The second-order valence-electron chi connectivity index (χ2n) is 12.3. The topological polar surface area (TPSA) is 99.1 Å². The van der Waals surface area contributed by atoms with Crippen molar-refractivity contribution in [3.05, 3.63) is 101 Å². The normalized spacial score (nSPS) is 23.3. The number of carbonyl (C=O) groups is 2. The standard InChI is InChI=1S/C36H38BFN2O5/c1-3-7-23(19-24-10-16-31(41)30(38)20-24)11-17-32-33-22(2)18-28-34(29(33)21-37(44)45-32)36(43)40(35(28)42)27-14-12-26(13-15-27)39-25-8-5-4-6-9-25/h4-6,8-10,12-16,19-20,28-29,32,34,39,41,44H,3,7,11,17-18,21H2,1-2H3/b23-19+/t28-,29+,32-,34-/m1/s1. The van der Waals surface area contributed by atoms with E-state index in [9.17, 15) is 24.1 Å². The van der Waals surface area contributed by atoms with Crippen LogP contribution in [0.15, 0.2) is 89.5 Å². The number of anilines is 3. The Hall–Kier alpha value is -4.21. The lowest BCUT2D eigenvalue weighted by Crippen LogP contribution is -2.46. The third-order valence-electron chi connectivity index (χ3n) is 9.28. The van der Waals surface area contributed by atoms with E-state index in [1.54, 1.807) is 18.2 Å². The number of phenols is 1. The predicted octanol–water partition coefficient (Wildman–Crippen LogP) is 7.26. The largest absolute Gasteiger partial charge is 0.505 e. The Labute approximate surface area is 263 Å². The quantitative estimate of drug-likeness (QED) is 0.134. The van der Waals surface area contributed by atoms with Crippen molar-refractivity contribution in [2.45, 2.75) is 58.4 Å². The van der Waals surface area contributed by atoms with Gasteiger partial charge < -0.3 is 20.1 Å². The number of halogens is 1. The molecule has 0 aromatic heterocycles. The zero-order valence-corrected chi connectivity index (χ0v) is 25.6. The molecule has 0 saturated carbocycles. The molecule has 2 heterocycles. The number of aromatic hydroxyl groups is 1. The van der Waals surface area contributed by atoms with Crippen LogP contribution >= 0.6 is 0 Å². The van der Waals surface area contributed by atoms with Gasteiger partial charge in [-0.1, -0.05) is 54.8 Å². The third kappa shape index (κ3) is 6.33. The van der Waals surface area contributed by atoms with Gasteiger partial charge in [0.15, 0.2) is 11.6 Å². The molecule has 2 amide bonds. The van der Waals surface area contributed by atoms with Gasteiger partial charge in [-0.05, 0) is 105 Å². The first-order valence-corrected chi connectivity index (χ1v) is 15.7. The van der Waals surface area contributed by atoms with Gasteiger partial charge in [0.1, 0.15) is 0 Å². The highest BCUT2D eigenvalue weighted by Gasteiger charge is 2.57. The van der Waals surface area contributed by atoms with E-state index >= 15 is 0 Å². The highest BCUT2D eigenvalue weighted by Crippen LogP contribution is 2.51. The number of fused-ring (bicyclic) bond motifs is 3. The van der Waals surface area contributed by atoms with Gasteiger partial charge in [0.05, 0.1) is 23.6 Å². The molecule has 3 aromatic rings. The number of hydrogen-bond donors (Lipinski definition) is 3. The molecular weight excluding hydrogens is 570 g/mol. The summed E-state index contributed by atoms with van der Waals surface area (Å²) in [4.78, 5) is 29.1. The number of carbonyl (C=O) groups excluding carboxylic acids is 2. The van der Waals surface area contributed by atoms with Crippen molar-refractivity contribution in [1.29, 1.82) is 0 Å². The smallest absolute Gasteiger partial charge is 0.455 e. The lowest BCUT2D eigenvalue weighted by atomic mass is 9.58. The molecular formula is C36H38BFN2O5. The van der Waals surface area contributed by atoms with E-state index in [1.165, 1.54) is 17.0 Å². The first kappa shape index (κ1) is 30.8. The summed E-state index contributed by atoms with van der Waals surface area (Å²) in [7, 11) is -1.04. The molecule has 9 heteroatoms. The third-order valence-corrected chi connectivity index (χ3v) is 9.28. The van der Waals surface area contributed by atoms with Gasteiger partial charge in [0, 0.05) is 11.4 Å². The number of para-hydroxylation sites is 1. The van der Waals surface area contributed by atoms with Crippen LogP contribution in [-0.2, 0) is 14.2 Å². The van der Waals surface area contributed by atoms with Crippen molar-refractivity contribution in [2.24, 2.45) is 17.8 Å². The van der Waals surface area contributed by atoms with Crippen LogP contribution in [0.5, 0.6) is 5.75 Å². The van der Waals surface area contributed by atoms with Crippen molar-refractivity contribution >= 4 is 42.1 Å². The van der Waals surface area contributed by atoms with E-state index in [0.29, 0.717) is 30.5 Å². The first-order valence-electron chi connectivity index (χ1n) is 15.7. The minimum Gasteiger partial charge on any atom is -0.505 e. The summed E-state index contributed by atoms with van der Waals surface area (Å²) < 4.78 is 20.1. The minimum atomic E-state index is -1.04. The molecule has 4 atom stereocenters. The number of nitrogens with one attached hydrogen (secondary N) is 1. The van der Waals surface area contributed by atoms with Crippen molar-refractivity contribution in [3.63, 3.8) is 0 Å². The number of imide groups is 1. The molecule has 2 aliphatic heterocycles. The van der Waals surface area contributed by atoms with Crippen LogP contribution in [-0.4, -0.2) is 35.2 Å². The number of nitrogens with zero attached hydrogens (tertiary/aromatic N) is 1. The van der Waals surface area contributed by atoms with E-state index < -0.39 is 30.9 Å². The van der Waals surface area contributed by atoms with Crippen molar-refractivity contribution in [1.82, 2.24) is 0 Å². The highest BCUT2D eigenvalue weighted by molar-refractivity contribution is 6.43. The predicted molar refractivity (Wildman–Crippen MR) is 174 cm³/mol. The van der Waals surface area contributed by atoms with Crippen LogP contribution in [0.2, 0.25) is 6.32 Å². The summed E-state index contributed by atoms with van der Waals surface area (Å²) in [6.07, 6.45) is 5.26. The summed E-state index contributed by atoms with van der Waals surface area (Å²) in [5, 5.41) is 23.7. The molecule has 1 aliphatic carbocycles. The number of rotatable bonds is 9. The number of hydrogen-bond acceptors (Lipinski definition) is 6. The van der Waals surface area contributed by atoms with Crippen LogP contribution in [0.3, 0.4) is 0 Å². The second kappa shape index (κ2) is 13.0. The van der Waals surface area contributed by atoms with Gasteiger partial charge in [-0.3, -0.25) is 14.5 Å². The second-order valence-corrected chi connectivity index (χ2v) is 12.3. The molecule has 2 saturated heterocycles. The summed E-state index contributed by atoms with van der Waals surface area (Å²) in [6.45, 7) is 4.09. The fourth-order valence-electron chi connectivity index (χ4n) is 7.31. The van der Waals surface area contributed by atoms with Crippen LogP contribution in [0.4, 0.5) is 21.5 Å². The van der Waals surface area contributed by atoms with E-state index in [-0.39, 0.29) is 29.8 Å². The Balaban J connectivity index is 1.20. The Kier molecular flexibility index (Phi) is 8.92. The maximum Gasteiger partial charge on any atom is 0.455 e. The average Bonchev–Trinajstić information content (AvgIpc) is 3.27. The van der Waals surface area contributed by atoms with Crippen molar-refractivity contribution in [3.8, 4) is 5.75 Å². The summed E-state index contributed by atoms with van der Waals surface area (Å²) in [5.74, 6) is -2.78. The molecule has 0 unspecified atom stereocenters. The molecule has 0 bridgehead atoms. The van der Waals surface area contributed by atoms with Crippen LogP contribution in [0.1, 0.15) is 51.5 Å². The molecule has 0 spiro atoms. The Morgan fingerprint density at radius 1 is 1.02 bits per heavy atom. The maximum atomic E-state index is 14.0. The van der Waals surface area contributed by atoms with Crippen LogP contribution in [0, 0.1) is 23.6 Å². The fraction of sp³-hybridized carbons (Fsp3) is 0.333. The number of benzene rings is 3. The zero-order chi connectivity index (χ0) is 31.7. The monoisotopic (exact) mass is 608 g/mol. The van der Waals surface area contributed by atoms with Gasteiger partial charge in [-0.15, -0.1) is 0 Å². The van der Waals surface area contributed by atoms with Crippen molar-refractivity contribution < 1.29 is 28.8 Å². The molecule has 3 N–H and O–H groups in total. The fourth-order valence-corrected chi connectivity index (χ4v) is 7.31. The van der Waals surface area contributed by atoms with Gasteiger partial charge in [-0.25, -0.2) is 4.39 Å². The number of allylic oxidation sites excluding steroid dienone is 2. The molecule has 3 aromatic carbocycles. The Morgan fingerprint density at radius 2 is 1.76 bits per heavy atom. The zero-order valence-electron chi connectivity index (χ0n) is 25.6. The number of amides is 2. The minimum absolute atomic E-state index is 0.195. The number of phenolic OH excluding ortho intramolecular Hbond substituents is 1. The van der Waals surface area contributed by atoms with E-state index in [4.69, 9.17) is 4.65 Å². The Bertz CT molecular complexity index is 1640. The molecule has 2 fully saturated rings. The first-order chi connectivity index (χ1) is 21.7. The lowest BCUT2D eigenvalue weighted by molar-refractivity contribution is -0.122. The average molecular weight is 609 g/mol. The molecule has 0 radical (unpaired) electrons.